The van der Waals surface area contributed by atoms with Gasteiger partial charge in [-0.15, -0.1) is 0 Å². The van der Waals surface area contributed by atoms with E-state index in [9.17, 15) is 9.59 Å². The molecular formula is C13H17NO3. The number of carbonyl (C=O) groups is 2. The maximum absolute atomic E-state index is 11.6. The molecule has 17 heavy (non-hydrogen) atoms. The minimum absolute atomic E-state index is 0.156. The van der Waals surface area contributed by atoms with Crippen LogP contribution in [0.3, 0.4) is 0 Å². The summed E-state index contributed by atoms with van der Waals surface area (Å²) >= 11 is 0. The van der Waals surface area contributed by atoms with Crippen LogP contribution in [0.25, 0.3) is 0 Å². The lowest BCUT2D eigenvalue weighted by molar-refractivity contribution is -0.142. The number of carbonyl (C=O) groups excluding carboxylic acids is 1. The lowest BCUT2D eigenvalue weighted by Crippen LogP contribution is -2.40. The van der Waals surface area contributed by atoms with E-state index in [2.05, 4.69) is 5.32 Å². The molecule has 0 bridgehead atoms. The number of carboxylic acid groups (broad SMARTS) is 1. The van der Waals surface area contributed by atoms with Gasteiger partial charge in [0.2, 0.25) is 5.91 Å². The number of nitrogens with one attached hydrogen (secondary N) is 1. The molecule has 0 spiro atoms. The Hall–Kier alpha value is -1.84. The average Bonchev–Trinajstić information content (AvgIpc) is 2.28. The van der Waals surface area contributed by atoms with Gasteiger partial charge in [0.05, 0.1) is 12.3 Å². The number of rotatable bonds is 5. The average molecular weight is 235 g/mol. The van der Waals surface area contributed by atoms with Gasteiger partial charge >= 0.3 is 5.97 Å². The van der Waals surface area contributed by atoms with Crippen LogP contribution in [-0.4, -0.2) is 23.0 Å². The molecule has 1 amide bonds. The van der Waals surface area contributed by atoms with Crippen molar-refractivity contribution in [3.63, 3.8) is 0 Å². The van der Waals surface area contributed by atoms with Crippen molar-refractivity contribution in [2.45, 2.75) is 26.3 Å². The first-order chi connectivity index (χ1) is 8.00. The fraction of sp³-hybridized carbons (Fsp3) is 0.385. The zero-order chi connectivity index (χ0) is 12.8. The Bertz CT molecular complexity index is 389. The van der Waals surface area contributed by atoms with Crippen LogP contribution in [0.15, 0.2) is 30.3 Å². The Morgan fingerprint density at radius 3 is 2.35 bits per heavy atom. The van der Waals surface area contributed by atoms with Crippen LogP contribution < -0.4 is 5.32 Å². The predicted octanol–water partition coefficient (Wildman–Crippen LogP) is 1.45. The lowest BCUT2D eigenvalue weighted by atomic mass is 10.0. The van der Waals surface area contributed by atoms with Gasteiger partial charge in [0.1, 0.15) is 0 Å². The number of carboxylic acids is 1. The van der Waals surface area contributed by atoms with Gasteiger partial charge in [-0.1, -0.05) is 30.3 Å². The van der Waals surface area contributed by atoms with Gasteiger partial charge < -0.3 is 10.4 Å². The van der Waals surface area contributed by atoms with Crippen molar-refractivity contribution in [3.05, 3.63) is 35.9 Å². The molecule has 2 atom stereocenters. The topological polar surface area (TPSA) is 66.4 Å². The van der Waals surface area contributed by atoms with Gasteiger partial charge in [-0.2, -0.15) is 0 Å². The minimum Gasteiger partial charge on any atom is -0.481 e. The van der Waals surface area contributed by atoms with Crippen LogP contribution in [0.2, 0.25) is 0 Å². The van der Waals surface area contributed by atoms with Crippen molar-refractivity contribution in [3.8, 4) is 0 Å². The number of benzene rings is 1. The third-order valence-electron chi connectivity index (χ3n) is 2.74. The highest BCUT2D eigenvalue weighted by molar-refractivity contribution is 5.80. The smallest absolute Gasteiger partial charge is 0.308 e. The highest BCUT2D eigenvalue weighted by atomic mass is 16.4. The van der Waals surface area contributed by atoms with Crippen LogP contribution in [0.4, 0.5) is 0 Å². The molecule has 4 heteroatoms. The molecule has 1 aromatic rings. The normalized spacial score (nSPS) is 13.8. The molecule has 92 valence electrons. The van der Waals surface area contributed by atoms with Crippen molar-refractivity contribution in [1.29, 1.82) is 0 Å². The first kappa shape index (κ1) is 13.2. The lowest BCUT2D eigenvalue weighted by Gasteiger charge is -2.17. The minimum atomic E-state index is -0.905. The molecule has 0 saturated carbocycles. The molecule has 0 radical (unpaired) electrons. The van der Waals surface area contributed by atoms with Gasteiger partial charge in [0, 0.05) is 6.04 Å². The second-order valence-corrected chi connectivity index (χ2v) is 4.15. The van der Waals surface area contributed by atoms with Crippen molar-refractivity contribution in [2.75, 3.05) is 0 Å². The number of amides is 1. The van der Waals surface area contributed by atoms with E-state index in [4.69, 9.17) is 5.11 Å². The Morgan fingerprint density at radius 2 is 1.82 bits per heavy atom. The molecule has 0 fully saturated rings. The van der Waals surface area contributed by atoms with Crippen molar-refractivity contribution >= 4 is 11.9 Å². The fourth-order valence-corrected chi connectivity index (χ4v) is 1.43. The third kappa shape index (κ3) is 4.26. The second-order valence-electron chi connectivity index (χ2n) is 4.15. The monoisotopic (exact) mass is 235 g/mol. The number of hydrogen-bond acceptors (Lipinski definition) is 2. The van der Waals surface area contributed by atoms with Crippen molar-refractivity contribution < 1.29 is 14.7 Å². The largest absolute Gasteiger partial charge is 0.481 e. The van der Waals surface area contributed by atoms with Gasteiger partial charge in [-0.05, 0) is 19.4 Å². The molecule has 1 rings (SSSR count). The summed E-state index contributed by atoms with van der Waals surface area (Å²) in [6.07, 6.45) is 0.275. The van der Waals surface area contributed by atoms with Crippen LogP contribution in [0.5, 0.6) is 0 Å². The van der Waals surface area contributed by atoms with Crippen LogP contribution in [0, 0.1) is 5.92 Å². The maximum Gasteiger partial charge on any atom is 0.308 e. The number of aliphatic carboxylic acids is 1. The summed E-state index contributed by atoms with van der Waals surface area (Å²) in [5.41, 5.74) is 0.917. The first-order valence-electron chi connectivity index (χ1n) is 5.57. The molecule has 0 saturated heterocycles. The Kier molecular flexibility index (Phi) is 4.69. The fourth-order valence-electron chi connectivity index (χ4n) is 1.43. The van der Waals surface area contributed by atoms with Crippen LogP contribution >= 0.6 is 0 Å². The quantitative estimate of drug-likeness (QED) is 0.811. The molecular weight excluding hydrogens is 218 g/mol. The first-order valence-corrected chi connectivity index (χ1v) is 5.57. The van der Waals surface area contributed by atoms with E-state index < -0.39 is 11.9 Å². The van der Waals surface area contributed by atoms with E-state index in [1.807, 2.05) is 30.3 Å². The van der Waals surface area contributed by atoms with E-state index in [1.165, 1.54) is 0 Å². The molecule has 0 aromatic heterocycles. The summed E-state index contributed by atoms with van der Waals surface area (Å²) in [5.74, 6) is -1.65. The van der Waals surface area contributed by atoms with E-state index in [1.54, 1.807) is 13.8 Å². The summed E-state index contributed by atoms with van der Waals surface area (Å²) in [5, 5.41) is 11.5. The molecule has 2 N–H and O–H groups in total. The van der Waals surface area contributed by atoms with E-state index in [-0.39, 0.29) is 18.4 Å². The summed E-state index contributed by atoms with van der Waals surface area (Å²) in [7, 11) is 0. The summed E-state index contributed by atoms with van der Waals surface area (Å²) in [4.78, 5) is 22.4. The van der Waals surface area contributed by atoms with Crippen LogP contribution in [0.1, 0.15) is 19.4 Å². The summed E-state index contributed by atoms with van der Waals surface area (Å²) in [6.45, 7) is 3.28. The van der Waals surface area contributed by atoms with E-state index in [0.717, 1.165) is 5.56 Å². The number of hydrogen-bond donors (Lipinski definition) is 2. The molecule has 1 aromatic carbocycles. The highest BCUT2D eigenvalue weighted by Crippen LogP contribution is 2.04. The molecule has 2 unspecified atom stereocenters. The van der Waals surface area contributed by atoms with Gasteiger partial charge in [-0.25, -0.2) is 0 Å². The summed E-state index contributed by atoms with van der Waals surface area (Å²) < 4.78 is 0. The summed E-state index contributed by atoms with van der Waals surface area (Å²) in [6, 6.07) is 8.98. The van der Waals surface area contributed by atoms with Gasteiger partial charge in [0.25, 0.3) is 0 Å². The van der Waals surface area contributed by atoms with Gasteiger partial charge in [0.15, 0.2) is 0 Å². The SMILES string of the molecule is CC(NC(=O)Cc1ccccc1)C(C)C(=O)O. The second kappa shape index (κ2) is 6.03. The van der Waals surface area contributed by atoms with E-state index in [0.29, 0.717) is 0 Å². The zero-order valence-corrected chi connectivity index (χ0v) is 10.0. The highest BCUT2D eigenvalue weighted by Gasteiger charge is 2.20. The predicted molar refractivity (Wildman–Crippen MR) is 64.6 cm³/mol. The van der Waals surface area contributed by atoms with Crippen molar-refractivity contribution in [2.24, 2.45) is 5.92 Å². The molecule has 4 nitrogen and oxygen atoms in total. The molecule has 0 heterocycles. The van der Waals surface area contributed by atoms with Gasteiger partial charge in [-0.3, -0.25) is 9.59 Å². The van der Waals surface area contributed by atoms with Crippen molar-refractivity contribution in [1.82, 2.24) is 5.32 Å². The molecule has 0 aliphatic carbocycles. The Morgan fingerprint density at radius 1 is 1.24 bits per heavy atom. The maximum atomic E-state index is 11.6. The Balaban J connectivity index is 2.48. The Labute approximate surface area is 101 Å². The van der Waals surface area contributed by atoms with Crippen LogP contribution in [-0.2, 0) is 16.0 Å². The molecule has 0 aliphatic rings. The van der Waals surface area contributed by atoms with E-state index >= 15 is 0 Å². The zero-order valence-electron chi connectivity index (χ0n) is 10.0. The standard InChI is InChI=1S/C13H17NO3/c1-9(13(16)17)10(2)14-12(15)8-11-6-4-3-5-7-11/h3-7,9-10H,8H2,1-2H3,(H,14,15)(H,16,17). The molecule has 0 aliphatic heterocycles. The third-order valence-corrected chi connectivity index (χ3v) is 2.74.